The van der Waals surface area contributed by atoms with Crippen LogP contribution in [0, 0.1) is 11.3 Å². The number of hydrogen-bond acceptors (Lipinski definition) is 7. The molecule has 0 unspecified atom stereocenters. The van der Waals surface area contributed by atoms with Gasteiger partial charge in [0, 0.05) is 17.9 Å². The summed E-state index contributed by atoms with van der Waals surface area (Å²) in [7, 11) is 0. The molecular formula is C19H15N5S3. The number of para-hydroxylation sites is 2. The first-order valence-corrected chi connectivity index (χ1v) is 11.1. The van der Waals surface area contributed by atoms with Crippen LogP contribution < -0.4 is 0 Å². The van der Waals surface area contributed by atoms with Gasteiger partial charge in [-0.05, 0) is 24.3 Å². The SMILES string of the molecule is N#CCCSc1nnc(CSc2nc3ccccc3s2)n1-c1ccccc1. The highest BCUT2D eigenvalue weighted by Crippen LogP contribution is 2.32. The van der Waals surface area contributed by atoms with Gasteiger partial charge < -0.3 is 0 Å². The van der Waals surface area contributed by atoms with Crippen molar-refractivity contribution in [2.24, 2.45) is 0 Å². The van der Waals surface area contributed by atoms with E-state index in [-0.39, 0.29) is 0 Å². The van der Waals surface area contributed by atoms with Crippen molar-refractivity contribution >= 4 is 45.1 Å². The molecule has 2 aromatic heterocycles. The quantitative estimate of drug-likeness (QED) is 0.310. The predicted molar refractivity (Wildman–Crippen MR) is 111 cm³/mol. The second-order valence-corrected chi connectivity index (χ2v) is 8.88. The maximum Gasteiger partial charge on any atom is 0.195 e. The van der Waals surface area contributed by atoms with Crippen LogP contribution in [0.25, 0.3) is 15.9 Å². The van der Waals surface area contributed by atoms with Crippen molar-refractivity contribution < 1.29 is 0 Å². The monoisotopic (exact) mass is 409 g/mol. The van der Waals surface area contributed by atoms with E-state index < -0.39 is 0 Å². The molecule has 0 fully saturated rings. The van der Waals surface area contributed by atoms with Crippen LogP contribution in [0.15, 0.2) is 64.1 Å². The first kappa shape index (κ1) is 18.0. The molecule has 8 heteroatoms. The van der Waals surface area contributed by atoms with E-state index in [1.54, 1.807) is 34.9 Å². The second kappa shape index (κ2) is 8.57. The number of aromatic nitrogens is 4. The lowest BCUT2D eigenvalue weighted by Crippen LogP contribution is -2.02. The van der Waals surface area contributed by atoms with E-state index in [2.05, 4.69) is 31.9 Å². The number of rotatable bonds is 7. The number of fused-ring (bicyclic) bond motifs is 1. The largest absolute Gasteiger partial charge is 0.273 e. The van der Waals surface area contributed by atoms with Crippen molar-refractivity contribution in [1.29, 1.82) is 5.26 Å². The third-order valence-electron chi connectivity index (χ3n) is 3.76. The summed E-state index contributed by atoms with van der Waals surface area (Å²) < 4.78 is 4.29. The van der Waals surface area contributed by atoms with Gasteiger partial charge in [-0.15, -0.1) is 21.5 Å². The molecule has 4 aromatic rings. The number of thiazole rings is 1. The Hall–Kier alpha value is -2.34. The summed E-state index contributed by atoms with van der Waals surface area (Å²) in [5, 5.41) is 18.4. The molecule has 0 aliphatic heterocycles. The molecule has 0 amide bonds. The van der Waals surface area contributed by atoms with Crippen LogP contribution in [0.5, 0.6) is 0 Å². The average molecular weight is 410 g/mol. The fraction of sp³-hybridized carbons (Fsp3) is 0.158. The van der Waals surface area contributed by atoms with Crippen LogP contribution in [0.2, 0.25) is 0 Å². The Morgan fingerprint density at radius 2 is 1.81 bits per heavy atom. The molecule has 0 bridgehead atoms. The Morgan fingerprint density at radius 3 is 2.63 bits per heavy atom. The summed E-state index contributed by atoms with van der Waals surface area (Å²) in [5.74, 6) is 2.26. The normalized spacial score (nSPS) is 10.9. The maximum absolute atomic E-state index is 8.79. The topological polar surface area (TPSA) is 67.4 Å². The van der Waals surface area contributed by atoms with Gasteiger partial charge in [-0.3, -0.25) is 4.57 Å². The molecule has 0 aliphatic carbocycles. The third kappa shape index (κ3) is 4.16. The van der Waals surface area contributed by atoms with Crippen molar-refractivity contribution in [2.75, 3.05) is 5.75 Å². The van der Waals surface area contributed by atoms with Crippen molar-refractivity contribution in [3.63, 3.8) is 0 Å². The highest BCUT2D eigenvalue weighted by molar-refractivity contribution is 8.00. The Balaban J connectivity index is 1.58. The standard InChI is InChI=1S/C19H15N5S3/c20-11-6-12-25-18-23-22-17(24(18)14-7-2-1-3-8-14)13-26-19-21-15-9-4-5-10-16(15)27-19/h1-5,7-10H,6,12-13H2. The first-order valence-electron chi connectivity index (χ1n) is 8.33. The zero-order valence-corrected chi connectivity index (χ0v) is 16.7. The Bertz CT molecular complexity index is 1050. The summed E-state index contributed by atoms with van der Waals surface area (Å²) in [6, 6.07) is 20.4. The number of thioether (sulfide) groups is 2. The molecule has 134 valence electrons. The predicted octanol–water partition coefficient (Wildman–Crippen LogP) is 5.18. The Morgan fingerprint density at radius 1 is 1.00 bits per heavy atom. The summed E-state index contributed by atoms with van der Waals surface area (Å²) in [6.07, 6.45) is 0.488. The van der Waals surface area contributed by atoms with Gasteiger partial charge >= 0.3 is 0 Å². The molecule has 0 N–H and O–H groups in total. The Kier molecular flexibility index (Phi) is 5.72. The van der Waals surface area contributed by atoms with E-state index in [4.69, 9.17) is 5.26 Å². The van der Waals surface area contributed by atoms with Gasteiger partial charge in [0.05, 0.1) is 22.0 Å². The van der Waals surface area contributed by atoms with Gasteiger partial charge in [-0.25, -0.2) is 4.98 Å². The van der Waals surface area contributed by atoms with E-state index >= 15 is 0 Å². The number of nitriles is 1. The first-order chi connectivity index (χ1) is 13.3. The molecule has 0 atom stereocenters. The molecule has 0 saturated heterocycles. The van der Waals surface area contributed by atoms with Crippen molar-refractivity contribution in [1.82, 2.24) is 19.7 Å². The summed E-state index contributed by atoms with van der Waals surface area (Å²) in [4.78, 5) is 4.68. The lowest BCUT2D eigenvalue weighted by molar-refractivity contribution is 0.864. The van der Waals surface area contributed by atoms with Crippen LogP contribution in [0.3, 0.4) is 0 Å². The van der Waals surface area contributed by atoms with Crippen LogP contribution in [0.1, 0.15) is 12.2 Å². The zero-order valence-electron chi connectivity index (χ0n) is 14.3. The molecule has 0 radical (unpaired) electrons. The molecule has 27 heavy (non-hydrogen) atoms. The van der Waals surface area contributed by atoms with Crippen LogP contribution in [-0.2, 0) is 5.75 Å². The molecule has 0 saturated carbocycles. The molecule has 0 spiro atoms. The zero-order chi connectivity index (χ0) is 18.5. The number of benzene rings is 2. The smallest absolute Gasteiger partial charge is 0.195 e. The van der Waals surface area contributed by atoms with Gasteiger partial charge in [0.1, 0.15) is 5.82 Å². The van der Waals surface area contributed by atoms with E-state index in [0.717, 1.165) is 26.5 Å². The summed E-state index contributed by atoms with van der Waals surface area (Å²) >= 11 is 4.92. The van der Waals surface area contributed by atoms with Crippen LogP contribution >= 0.6 is 34.9 Å². The van der Waals surface area contributed by atoms with Crippen molar-refractivity contribution in [3.05, 3.63) is 60.4 Å². The van der Waals surface area contributed by atoms with Gasteiger partial charge in [-0.2, -0.15) is 5.26 Å². The number of nitrogens with zero attached hydrogens (tertiary/aromatic N) is 5. The minimum Gasteiger partial charge on any atom is -0.273 e. The summed E-state index contributed by atoms with van der Waals surface area (Å²) in [5.41, 5.74) is 2.06. The van der Waals surface area contributed by atoms with Crippen molar-refractivity contribution in [2.45, 2.75) is 21.7 Å². The molecule has 2 heterocycles. The average Bonchev–Trinajstić information content (AvgIpc) is 3.30. The summed E-state index contributed by atoms with van der Waals surface area (Å²) in [6.45, 7) is 0. The van der Waals surface area contributed by atoms with Gasteiger partial charge in [0.2, 0.25) is 0 Å². The fourth-order valence-electron chi connectivity index (χ4n) is 2.55. The molecule has 5 nitrogen and oxygen atoms in total. The highest BCUT2D eigenvalue weighted by atomic mass is 32.2. The van der Waals surface area contributed by atoms with Crippen LogP contribution in [-0.4, -0.2) is 25.5 Å². The number of hydrogen-bond donors (Lipinski definition) is 0. The fourth-order valence-corrected chi connectivity index (χ4v) is 5.35. The van der Waals surface area contributed by atoms with Gasteiger partial charge in [-0.1, -0.05) is 53.9 Å². The van der Waals surface area contributed by atoms with E-state index in [1.807, 2.05) is 48.5 Å². The maximum atomic E-state index is 8.79. The second-order valence-electron chi connectivity index (χ2n) is 5.56. The van der Waals surface area contributed by atoms with E-state index in [1.165, 1.54) is 4.70 Å². The third-order valence-corrected chi connectivity index (χ3v) is 6.86. The van der Waals surface area contributed by atoms with Crippen LogP contribution in [0.4, 0.5) is 0 Å². The van der Waals surface area contributed by atoms with E-state index in [0.29, 0.717) is 17.9 Å². The van der Waals surface area contributed by atoms with Gasteiger partial charge in [0.15, 0.2) is 9.50 Å². The molecule has 4 rings (SSSR count). The van der Waals surface area contributed by atoms with Crippen molar-refractivity contribution in [3.8, 4) is 11.8 Å². The minimum atomic E-state index is 0.488. The van der Waals surface area contributed by atoms with E-state index in [9.17, 15) is 0 Å². The Labute approximate surface area is 169 Å². The lowest BCUT2D eigenvalue weighted by Gasteiger charge is -2.09. The molecular weight excluding hydrogens is 394 g/mol. The minimum absolute atomic E-state index is 0.488. The lowest BCUT2D eigenvalue weighted by atomic mass is 10.3. The molecule has 0 aliphatic rings. The van der Waals surface area contributed by atoms with Gasteiger partial charge in [0.25, 0.3) is 0 Å². The highest BCUT2D eigenvalue weighted by Gasteiger charge is 2.15. The molecule has 2 aromatic carbocycles.